The van der Waals surface area contributed by atoms with Crippen LogP contribution in [0.3, 0.4) is 0 Å². The molecule has 1 N–H and O–H groups in total. The molecule has 0 saturated carbocycles. The van der Waals surface area contributed by atoms with Crippen LogP contribution >= 0.6 is 0 Å². The van der Waals surface area contributed by atoms with E-state index in [9.17, 15) is 14.5 Å². The molecule has 0 fully saturated rings. The third kappa shape index (κ3) is 4.69. The van der Waals surface area contributed by atoms with Gasteiger partial charge in [0.25, 0.3) is 5.69 Å². The number of benzene rings is 1. The molecule has 0 radical (unpaired) electrons. The van der Waals surface area contributed by atoms with Crippen LogP contribution in [0.1, 0.15) is 33.1 Å². The lowest BCUT2D eigenvalue weighted by Gasteiger charge is -2.08. The summed E-state index contributed by atoms with van der Waals surface area (Å²) >= 11 is 0. The van der Waals surface area contributed by atoms with Crippen LogP contribution in [0.5, 0.6) is 0 Å². The molecule has 0 aromatic heterocycles. The number of anilines is 1. The number of unbranched alkanes of at least 4 members (excludes halogenated alkanes) is 1. The molecule has 0 aliphatic carbocycles. The summed E-state index contributed by atoms with van der Waals surface area (Å²) in [6, 6.07) is 3.66. The van der Waals surface area contributed by atoms with Crippen molar-refractivity contribution in [2.45, 2.75) is 33.1 Å². The number of non-ortho nitro benzene ring substituents is 1. The molecule has 1 aromatic rings. The Bertz CT molecular complexity index is 408. The molecule has 0 bridgehead atoms. The van der Waals surface area contributed by atoms with Crippen molar-refractivity contribution in [2.24, 2.45) is 5.92 Å². The summed E-state index contributed by atoms with van der Waals surface area (Å²) < 4.78 is 13.5. The fraction of sp³-hybridized carbons (Fsp3) is 0.538. The molecular formula is C13H19FN2O2. The zero-order valence-corrected chi connectivity index (χ0v) is 10.8. The molecule has 0 atom stereocenters. The van der Waals surface area contributed by atoms with E-state index < -0.39 is 10.7 Å². The molecule has 0 aliphatic heterocycles. The van der Waals surface area contributed by atoms with Gasteiger partial charge in [-0.25, -0.2) is 4.39 Å². The average molecular weight is 254 g/mol. The van der Waals surface area contributed by atoms with Crippen molar-refractivity contribution in [2.75, 3.05) is 11.9 Å². The molecule has 100 valence electrons. The van der Waals surface area contributed by atoms with E-state index in [1.165, 1.54) is 12.1 Å². The van der Waals surface area contributed by atoms with E-state index in [1.807, 2.05) is 0 Å². The van der Waals surface area contributed by atoms with Crippen molar-refractivity contribution in [3.8, 4) is 0 Å². The van der Waals surface area contributed by atoms with Crippen LogP contribution in [-0.4, -0.2) is 11.5 Å². The summed E-state index contributed by atoms with van der Waals surface area (Å²) in [5.74, 6) is 0.106. The quantitative estimate of drug-likeness (QED) is 0.455. The highest BCUT2D eigenvalue weighted by Gasteiger charge is 2.09. The van der Waals surface area contributed by atoms with E-state index in [0.717, 1.165) is 25.3 Å². The number of nitro benzene ring substituents is 1. The van der Waals surface area contributed by atoms with Gasteiger partial charge in [0.15, 0.2) is 5.82 Å². The van der Waals surface area contributed by atoms with Gasteiger partial charge < -0.3 is 5.32 Å². The molecule has 0 aliphatic rings. The number of nitro groups is 1. The normalized spacial score (nSPS) is 10.7. The SMILES string of the molecule is CC(C)CCCCNc1ccc([N+](=O)[O-])cc1F. The van der Waals surface area contributed by atoms with Crippen LogP contribution in [0.2, 0.25) is 0 Å². The lowest BCUT2D eigenvalue weighted by atomic mass is 10.1. The summed E-state index contributed by atoms with van der Waals surface area (Å²) in [7, 11) is 0. The minimum Gasteiger partial charge on any atom is -0.383 e. The van der Waals surface area contributed by atoms with Crippen molar-refractivity contribution >= 4 is 11.4 Å². The first-order chi connectivity index (χ1) is 8.50. The number of nitrogens with zero attached hydrogens (tertiary/aromatic N) is 1. The maximum atomic E-state index is 13.5. The van der Waals surface area contributed by atoms with Crippen molar-refractivity contribution in [1.82, 2.24) is 0 Å². The molecule has 0 unspecified atom stereocenters. The van der Waals surface area contributed by atoms with Gasteiger partial charge in [-0.1, -0.05) is 26.7 Å². The van der Waals surface area contributed by atoms with Gasteiger partial charge >= 0.3 is 0 Å². The minimum absolute atomic E-state index is 0.224. The van der Waals surface area contributed by atoms with Gasteiger partial charge in [0.1, 0.15) is 0 Å². The van der Waals surface area contributed by atoms with Gasteiger partial charge in [0, 0.05) is 12.6 Å². The zero-order chi connectivity index (χ0) is 13.5. The molecule has 5 heteroatoms. The number of hydrogen-bond donors (Lipinski definition) is 1. The van der Waals surface area contributed by atoms with Crippen LogP contribution in [0.4, 0.5) is 15.8 Å². The van der Waals surface area contributed by atoms with E-state index in [0.29, 0.717) is 18.2 Å². The molecule has 4 nitrogen and oxygen atoms in total. The highest BCUT2D eigenvalue weighted by Crippen LogP contribution is 2.20. The Labute approximate surface area is 106 Å². The minimum atomic E-state index is -0.602. The number of rotatable bonds is 7. The fourth-order valence-electron chi connectivity index (χ4n) is 1.66. The van der Waals surface area contributed by atoms with E-state index >= 15 is 0 Å². The third-order valence-corrected chi connectivity index (χ3v) is 2.69. The van der Waals surface area contributed by atoms with Crippen LogP contribution in [0.25, 0.3) is 0 Å². The van der Waals surface area contributed by atoms with Gasteiger partial charge in [0.05, 0.1) is 16.7 Å². The standard InChI is InChI=1S/C13H19FN2O2/c1-10(2)5-3-4-8-15-13-7-6-11(16(17)18)9-12(13)14/h6-7,9-10,15H,3-5,8H2,1-2H3. The molecule has 0 amide bonds. The molecule has 1 rings (SSSR count). The van der Waals surface area contributed by atoms with E-state index in [2.05, 4.69) is 19.2 Å². The second-order valence-corrected chi connectivity index (χ2v) is 4.74. The third-order valence-electron chi connectivity index (χ3n) is 2.69. The van der Waals surface area contributed by atoms with E-state index in [-0.39, 0.29) is 5.69 Å². The Morgan fingerprint density at radius 1 is 1.39 bits per heavy atom. The molecule has 18 heavy (non-hydrogen) atoms. The summed E-state index contributed by atoms with van der Waals surface area (Å²) in [4.78, 5) is 9.84. The summed E-state index contributed by atoms with van der Waals surface area (Å²) in [5, 5.41) is 13.4. The Morgan fingerprint density at radius 2 is 2.11 bits per heavy atom. The first-order valence-corrected chi connectivity index (χ1v) is 6.18. The van der Waals surface area contributed by atoms with Gasteiger partial charge in [-0.15, -0.1) is 0 Å². The monoisotopic (exact) mass is 254 g/mol. The lowest BCUT2D eigenvalue weighted by Crippen LogP contribution is -2.04. The summed E-state index contributed by atoms with van der Waals surface area (Å²) in [6.45, 7) is 5.02. The van der Waals surface area contributed by atoms with Crippen LogP contribution in [0, 0.1) is 21.8 Å². The Kier molecular flexibility index (Phi) is 5.55. The first kappa shape index (κ1) is 14.4. The molecule has 0 saturated heterocycles. The molecule has 0 heterocycles. The van der Waals surface area contributed by atoms with Gasteiger partial charge in [0.2, 0.25) is 0 Å². The van der Waals surface area contributed by atoms with Crippen LogP contribution < -0.4 is 5.32 Å². The predicted molar refractivity (Wildman–Crippen MR) is 70.2 cm³/mol. The molecular weight excluding hydrogens is 235 g/mol. The second kappa shape index (κ2) is 6.93. The Hall–Kier alpha value is -1.65. The van der Waals surface area contributed by atoms with Crippen molar-refractivity contribution in [1.29, 1.82) is 0 Å². The Morgan fingerprint density at radius 3 is 2.67 bits per heavy atom. The zero-order valence-electron chi connectivity index (χ0n) is 10.8. The largest absolute Gasteiger partial charge is 0.383 e. The fourth-order valence-corrected chi connectivity index (χ4v) is 1.66. The van der Waals surface area contributed by atoms with Gasteiger partial charge in [-0.2, -0.15) is 0 Å². The first-order valence-electron chi connectivity index (χ1n) is 6.18. The smallest absolute Gasteiger partial charge is 0.272 e. The van der Waals surface area contributed by atoms with E-state index in [1.54, 1.807) is 0 Å². The maximum absolute atomic E-state index is 13.5. The average Bonchev–Trinajstić information content (AvgIpc) is 2.29. The number of hydrogen-bond acceptors (Lipinski definition) is 3. The van der Waals surface area contributed by atoms with Crippen molar-refractivity contribution < 1.29 is 9.31 Å². The van der Waals surface area contributed by atoms with Crippen LogP contribution in [0.15, 0.2) is 18.2 Å². The highest BCUT2D eigenvalue weighted by atomic mass is 19.1. The number of halogens is 1. The highest BCUT2D eigenvalue weighted by molar-refractivity contribution is 5.49. The van der Waals surface area contributed by atoms with E-state index in [4.69, 9.17) is 0 Å². The topological polar surface area (TPSA) is 55.2 Å². The van der Waals surface area contributed by atoms with Gasteiger partial charge in [-0.3, -0.25) is 10.1 Å². The molecule has 1 aromatic carbocycles. The predicted octanol–water partition coefficient (Wildman–Crippen LogP) is 3.97. The number of nitrogens with one attached hydrogen (secondary N) is 1. The van der Waals surface area contributed by atoms with Crippen molar-refractivity contribution in [3.63, 3.8) is 0 Å². The summed E-state index contributed by atoms with van der Waals surface area (Å²) in [5.41, 5.74) is 0.100. The summed E-state index contributed by atoms with van der Waals surface area (Å²) in [6.07, 6.45) is 3.22. The van der Waals surface area contributed by atoms with Gasteiger partial charge in [-0.05, 0) is 18.4 Å². The second-order valence-electron chi connectivity index (χ2n) is 4.74. The van der Waals surface area contributed by atoms with Crippen molar-refractivity contribution in [3.05, 3.63) is 34.1 Å². The van der Waals surface area contributed by atoms with Crippen LogP contribution in [-0.2, 0) is 0 Å². The molecule has 0 spiro atoms. The lowest BCUT2D eigenvalue weighted by molar-refractivity contribution is -0.385. The maximum Gasteiger partial charge on any atom is 0.272 e. The Balaban J connectivity index is 2.41.